The highest BCUT2D eigenvalue weighted by Gasteiger charge is 2.34. The van der Waals surface area contributed by atoms with Crippen molar-refractivity contribution >= 4 is 21.6 Å². The Morgan fingerprint density at radius 1 is 1.40 bits per heavy atom. The Kier molecular flexibility index (Phi) is 4.65. The molecule has 1 aliphatic heterocycles. The second kappa shape index (κ2) is 5.94. The standard InChI is InChI=1S/C16H25BrN2O/c1-11(2)14-9-18-16(3,4)10-19(14)12-6-7-13(17)15(8-12)20-5/h6-8,11,14,18H,9-10H2,1-5H3. The number of rotatable bonds is 3. The maximum atomic E-state index is 5.43. The van der Waals surface area contributed by atoms with Gasteiger partial charge in [0.25, 0.3) is 0 Å². The van der Waals surface area contributed by atoms with Crippen molar-refractivity contribution in [1.29, 1.82) is 0 Å². The zero-order chi connectivity index (χ0) is 14.9. The molecule has 0 radical (unpaired) electrons. The number of methoxy groups -OCH3 is 1. The Balaban J connectivity index is 2.35. The Morgan fingerprint density at radius 3 is 2.70 bits per heavy atom. The van der Waals surface area contributed by atoms with Gasteiger partial charge in [-0.25, -0.2) is 0 Å². The van der Waals surface area contributed by atoms with Crippen molar-refractivity contribution in [3.63, 3.8) is 0 Å². The Morgan fingerprint density at radius 2 is 2.10 bits per heavy atom. The summed E-state index contributed by atoms with van der Waals surface area (Å²) in [4.78, 5) is 2.51. The van der Waals surface area contributed by atoms with Crippen molar-refractivity contribution in [3.8, 4) is 5.75 Å². The van der Waals surface area contributed by atoms with E-state index in [2.05, 4.69) is 72.0 Å². The van der Waals surface area contributed by atoms with Gasteiger partial charge in [0.05, 0.1) is 11.6 Å². The summed E-state index contributed by atoms with van der Waals surface area (Å²) in [5.41, 5.74) is 1.37. The van der Waals surface area contributed by atoms with Gasteiger partial charge in [-0.05, 0) is 47.8 Å². The monoisotopic (exact) mass is 340 g/mol. The van der Waals surface area contributed by atoms with E-state index in [4.69, 9.17) is 4.74 Å². The summed E-state index contributed by atoms with van der Waals surface area (Å²) >= 11 is 3.53. The van der Waals surface area contributed by atoms with Crippen LogP contribution in [0.15, 0.2) is 22.7 Å². The average Bonchev–Trinajstić information content (AvgIpc) is 2.37. The molecule has 0 spiro atoms. The average molecular weight is 341 g/mol. The lowest BCUT2D eigenvalue weighted by molar-refractivity contribution is 0.277. The molecule has 20 heavy (non-hydrogen) atoms. The number of hydrogen-bond acceptors (Lipinski definition) is 3. The molecule has 112 valence electrons. The van der Waals surface area contributed by atoms with Gasteiger partial charge in [-0.1, -0.05) is 13.8 Å². The molecule has 1 atom stereocenters. The van der Waals surface area contributed by atoms with E-state index in [9.17, 15) is 0 Å². The van der Waals surface area contributed by atoms with Gasteiger partial charge in [0.2, 0.25) is 0 Å². The number of benzene rings is 1. The molecule has 1 unspecified atom stereocenters. The number of halogens is 1. The van der Waals surface area contributed by atoms with Crippen LogP contribution in [0, 0.1) is 5.92 Å². The molecular weight excluding hydrogens is 316 g/mol. The van der Waals surface area contributed by atoms with Crippen LogP contribution < -0.4 is 15.0 Å². The van der Waals surface area contributed by atoms with Gasteiger partial charge >= 0.3 is 0 Å². The third-order valence-electron chi connectivity index (χ3n) is 3.99. The molecular formula is C16H25BrN2O. The number of nitrogens with one attached hydrogen (secondary N) is 1. The van der Waals surface area contributed by atoms with Crippen LogP contribution in [0.3, 0.4) is 0 Å². The summed E-state index contributed by atoms with van der Waals surface area (Å²) < 4.78 is 6.43. The number of anilines is 1. The lowest BCUT2D eigenvalue weighted by Gasteiger charge is -2.47. The summed E-state index contributed by atoms with van der Waals surface area (Å²) in [5, 5.41) is 3.65. The van der Waals surface area contributed by atoms with Crippen LogP contribution in [0.5, 0.6) is 5.75 Å². The first-order chi connectivity index (χ1) is 9.34. The molecule has 3 nitrogen and oxygen atoms in total. The molecule has 1 heterocycles. The molecule has 4 heteroatoms. The van der Waals surface area contributed by atoms with Crippen LogP contribution in [0.2, 0.25) is 0 Å². The summed E-state index contributed by atoms with van der Waals surface area (Å²) in [6, 6.07) is 6.87. The van der Waals surface area contributed by atoms with Gasteiger partial charge in [0, 0.05) is 36.4 Å². The van der Waals surface area contributed by atoms with Crippen molar-refractivity contribution in [2.75, 3.05) is 25.1 Å². The van der Waals surface area contributed by atoms with E-state index in [0.29, 0.717) is 12.0 Å². The second-order valence-corrected chi connectivity index (χ2v) is 7.38. The first-order valence-corrected chi connectivity index (χ1v) is 7.98. The fraction of sp³-hybridized carbons (Fsp3) is 0.625. The summed E-state index contributed by atoms with van der Waals surface area (Å²) in [5.74, 6) is 1.49. The number of piperazine rings is 1. The Labute approximate surface area is 130 Å². The van der Waals surface area contributed by atoms with E-state index in [1.165, 1.54) is 5.69 Å². The van der Waals surface area contributed by atoms with Crippen molar-refractivity contribution in [2.45, 2.75) is 39.3 Å². The zero-order valence-corrected chi connectivity index (χ0v) is 14.6. The van der Waals surface area contributed by atoms with Crippen LogP contribution in [-0.4, -0.2) is 31.8 Å². The van der Waals surface area contributed by atoms with Crippen LogP contribution in [0.1, 0.15) is 27.7 Å². The van der Waals surface area contributed by atoms with Crippen LogP contribution in [0.4, 0.5) is 5.69 Å². The first kappa shape index (κ1) is 15.6. The van der Waals surface area contributed by atoms with Crippen LogP contribution >= 0.6 is 15.9 Å². The van der Waals surface area contributed by atoms with Crippen molar-refractivity contribution in [2.24, 2.45) is 5.92 Å². The third-order valence-corrected chi connectivity index (χ3v) is 4.65. The van der Waals surface area contributed by atoms with Gasteiger partial charge in [-0.2, -0.15) is 0 Å². The van der Waals surface area contributed by atoms with Gasteiger partial charge in [-0.15, -0.1) is 0 Å². The van der Waals surface area contributed by atoms with Gasteiger partial charge in [0.1, 0.15) is 5.75 Å². The summed E-state index contributed by atoms with van der Waals surface area (Å²) in [6.45, 7) is 11.1. The number of nitrogens with zero attached hydrogens (tertiary/aromatic N) is 1. The van der Waals surface area contributed by atoms with E-state index < -0.39 is 0 Å². The highest BCUT2D eigenvalue weighted by molar-refractivity contribution is 9.10. The molecule has 0 aromatic heterocycles. The molecule has 2 rings (SSSR count). The molecule has 0 saturated carbocycles. The van der Waals surface area contributed by atoms with E-state index in [1.54, 1.807) is 7.11 Å². The molecule has 1 saturated heterocycles. The molecule has 1 aliphatic rings. The number of ether oxygens (including phenoxy) is 1. The predicted octanol–water partition coefficient (Wildman–Crippen LogP) is 3.67. The predicted molar refractivity (Wildman–Crippen MR) is 88.7 cm³/mol. The van der Waals surface area contributed by atoms with Crippen molar-refractivity contribution < 1.29 is 4.74 Å². The molecule has 0 bridgehead atoms. The van der Waals surface area contributed by atoms with Crippen molar-refractivity contribution in [1.82, 2.24) is 5.32 Å². The molecule has 0 amide bonds. The van der Waals surface area contributed by atoms with E-state index in [-0.39, 0.29) is 5.54 Å². The third kappa shape index (κ3) is 3.29. The molecule has 1 aromatic carbocycles. The topological polar surface area (TPSA) is 24.5 Å². The summed E-state index contributed by atoms with van der Waals surface area (Å²) in [6.07, 6.45) is 0. The lowest BCUT2D eigenvalue weighted by atomic mass is 9.92. The minimum Gasteiger partial charge on any atom is -0.495 e. The van der Waals surface area contributed by atoms with Crippen LogP contribution in [-0.2, 0) is 0 Å². The van der Waals surface area contributed by atoms with Crippen molar-refractivity contribution in [3.05, 3.63) is 22.7 Å². The van der Waals surface area contributed by atoms with Gasteiger partial charge < -0.3 is 15.0 Å². The van der Waals surface area contributed by atoms with E-state index in [0.717, 1.165) is 23.3 Å². The first-order valence-electron chi connectivity index (χ1n) is 7.19. The fourth-order valence-electron chi connectivity index (χ4n) is 2.80. The van der Waals surface area contributed by atoms with Gasteiger partial charge in [0.15, 0.2) is 0 Å². The van der Waals surface area contributed by atoms with E-state index in [1.807, 2.05) is 0 Å². The lowest BCUT2D eigenvalue weighted by Crippen LogP contribution is -2.63. The Bertz CT molecular complexity index is 474. The second-order valence-electron chi connectivity index (χ2n) is 6.52. The number of hydrogen-bond donors (Lipinski definition) is 1. The normalized spacial score (nSPS) is 22.1. The Hall–Kier alpha value is -0.740. The smallest absolute Gasteiger partial charge is 0.135 e. The van der Waals surface area contributed by atoms with Crippen LogP contribution in [0.25, 0.3) is 0 Å². The SMILES string of the molecule is COc1cc(N2CC(C)(C)NCC2C(C)C)ccc1Br. The molecule has 0 aliphatic carbocycles. The molecule has 1 aromatic rings. The fourth-order valence-corrected chi connectivity index (χ4v) is 3.20. The highest BCUT2D eigenvalue weighted by atomic mass is 79.9. The largest absolute Gasteiger partial charge is 0.495 e. The highest BCUT2D eigenvalue weighted by Crippen LogP contribution is 2.33. The molecule has 1 N–H and O–H groups in total. The minimum absolute atomic E-state index is 0.131. The maximum absolute atomic E-state index is 5.43. The summed E-state index contributed by atoms with van der Waals surface area (Å²) in [7, 11) is 1.71. The zero-order valence-electron chi connectivity index (χ0n) is 13.0. The van der Waals surface area contributed by atoms with Gasteiger partial charge in [-0.3, -0.25) is 0 Å². The molecule has 1 fully saturated rings. The minimum atomic E-state index is 0.131. The quantitative estimate of drug-likeness (QED) is 0.908. The maximum Gasteiger partial charge on any atom is 0.135 e. The van der Waals surface area contributed by atoms with E-state index >= 15 is 0 Å².